The standard InChI is InChI=1S/C15H23NO2/c1-11(8-9-15(2,3)4)16-13-7-5-6-12(10-13)14(17)18/h5-7,10-11,16H,8-9H2,1-4H3,(H,17,18). The topological polar surface area (TPSA) is 49.3 Å². The monoisotopic (exact) mass is 249 g/mol. The molecule has 3 heteroatoms. The van der Waals surface area contributed by atoms with Crippen molar-refractivity contribution in [3.05, 3.63) is 29.8 Å². The van der Waals surface area contributed by atoms with Gasteiger partial charge in [0.25, 0.3) is 0 Å². The van der Waals surface area contributed by atoms with Crippen molar-refractivity contribution in [3.8, 4) is 0 Å². The first-order chi connectivity index (χ1) is 8.28. The summed E-state index contributed by atoms with van der Waals surface area (Å²) < 4.78 is 0. The third-order valence-corrected chi connectivity index (χ3v) is 2.85. The van der Waals surface area contributed by atoms with Gasteiger partial charge in [0.15, 0.2) is 0 Å². The third kappa shape index (κ3) is 5.21. The molecule has 0 aliphatic carbocycles. The molecule has 0 aliphatic rings. The highest BCUT2D eigenvalue weighted by Crippen LogP contribution is 2.22. The Bertz CT molecular complexity index is 407. The van der Waals surface area contributed by atoms with Crippen molar-refractivity contribution in [2.75, 3.05) is 5.32 Å². The van der Waals surface area contributed by atoms with Crippen LogP contribution in [0.2, 0.25) is 0 Å². The molecular weight excluding hydrogens is 226 g/mol. The van der Waals surface area contributed by atoms with Crippen molar-refractivity contribution in [2.45, 2.75) is 46.6 Å². The molecule has 0 heterocycles. The molecule has 1 aromatic carbocycles. The maximum absolute atomic E-state index is 10.9. The Balaban J connectivity index is 2.56. The van der Waals surface area contributed by atoms with Crippen LogP contribution in [0.4, 0.5) is 5.69 Å². The van der Waals surface area contributed by atoms with Crippen LogP contribution in [0.25, 0.3) is 0 Å². The molecule has 2 N–H and O–H groups in total. The molecule has 1 unspecified atom stereocenters. The summed E-state index contributed by atoms with van der Waals surface area (Å²) in [7, 11) is 0. The van der Waals surface area contributed by atoms with Crippen LogP contribution < -0.4 is 5.32 Å². The maximum Gasteiger partial charge on any atom is 0.335 e. The van der Waals surface area contributed by atoms with E-state index in [0.717, 1.165) is 18.5 Å². The van der Waals surface area contributed by atoms with Gasteiger partial charge in [0.1, 0.15) is 0 Å². The van der Waals surface area contributed by atoms with Crippen LogP contribution in [-0.2, 0) is 0 Å². The van der Waals surface area contributed by atoms with Crippen molar-refractivity contribution in [1.29, 1.82) is 0 Å². The molecule has 100 valence electrons. The van der Waals surface area contributed by atoms with Crippen molar-refractivity contribution in [1.82, 2.24) is 0 Å². The molecule has 0 aliphatic heterocycles. The Morgan fingerprint density at radius 1 is 1.39 bits per heavy atom. The summed E-state index contributed by atoms with van der Waals surface area (Å²) in [5.41, 5.74) is 1.53. The average molecular weight is 249 g/mol. The largest absolute Gasteiger partial charge is 0.478 e. The van der Waals surface area contributed by atoms with Crippen molar-refractivity contribution < 1.29 is 9.90 Å². The lowest BCUT2D eigenvalue weighted by Gasteiger charge is -2.22. The summed E-state index contributed by atoms with van der Waals surface area (Å²) in [6, 6.07) is 7.29. The fourth-order valence-electron chi connectivity index (χ4n) is 1.75. The van der Waals surface area contributed by atoms with E-state index in [1.165, 1.54) is 0 Å². The molecule has 1 rings (SSSR count). The van der Waals surface area contributed by atoms with Gasteiger partial charge in [-0.1, -0.05) is 26.8 Å². The number of aromatic carboxylic acids is 1. The van der Waals surface area contributed by atoms with Gasteiger partial charge in [-0.05, 0) is 43.4 Å². The maximum atomic E-state index is 10.9. The van der Waals surface area contributed by atoms with E-state index in [-0.39, 0.29) is 0 Å². The number of hydrogen-bond acceptors (Lipinski definition) is 2. The zero-order valence-corrected chi connectivity index (χ0v) is 11.7. The Morgan fingerprint density at radius 2 is 2.06 bits per heavy atom. The van der Waals surface area contributed by atoms with Gasteiger partial charge >= 0.3 is 5.97 Å². The van der Waals surface area contributed by atoms with E-state index in [1.807, 2.05) is 6.07 Å². The minimum absolute atomic E-state index is 0.322. The van der Waals surface area contributed by atoms with E-state index >= 15 is 0 Å². The molecular formula is C15H23NO2. The summed E-state index contributed by atoms with van der Waals surface area (Å²) in [6.45, 7) is 8.81. The normalized spacial score (nSPS) is 13.1. The van der Waals surface area contributed by atoms with E-state index in [9.17, 15) is 4.79 Å². The molecule has 0 radical (unpaired) electrons. The number of anilines is 1. The Hall–Kier alpha value is -1.51. The fourth-order valence-corrected chi connectivity index (χ4v) is 1.75. The molecule has 0 spiro atoms. The molecule has 0 fully saturated rings. The van der Waals surface area contributed by atoms with Crippen molar-refractivity contribution >= 4 is 11.7 Å². The highest BCUT2D eigenvalue weighted by atomic mass is 16.4. The summed E-state index contributed by atoms with van der Waals surface area (Å²) in [4.78, 5) is 10.9. The predicted octanol–water partition coefficient (Wildman–Crippen LogP) is 4.01. The summed E-state index contributed by atoms with van der Waals surface area (Å²) in [5.74, 6) is -0.888. The predicted molar refractivity (Wildman–Crippen MR) is 75.2 cm³/mol. The second-order valence-corrected chi connectivity index (χ2v) is 6.03. The first-order valence-corrected chi connectivity index (χ1v) is 6.38. The van der Waals surface area contributed by atoms with Crippen LogP contribution in [0.3, 0.4) is 0 Å². The van der Waals surface area contributed by atoms with Crippen LogP contribution in [0.1, 0.15) is 50.9 Å². The van der Waals surface area contributed by atoms with Crippen LogP contribution in [0, 0.1) is 5.41 Å². The zero-order chi connectivity index (χ0) is 13.8. The number of nitrogens with one attached hydrogen (secondary N) is 1. The van der Waals surface area contributed by atoms with Crippen molar-refractivity contribution in [2.24, 2.45) is 5.41 Å². The molecule has 3 nitrogen and oxygen atoms in total. The molecule has 0 saturated carbocycles. The Kier molecular flexibility index (Phi) is 4.76. The van der Waals surface area contributed by atoms with E-state index in [4.69, 9.17) is 5.11 Å². The quantitative estimate of drug-likeness (QED) is 0.829. The van der Waals surface area contributed by atoms with E-state index in [1.54, 1.807) is 18.2 Å². The van der Waals surface area contributed by atoms with Gasteiger partial charge in [-0.15, -0.1) is 0 Å². The Labute approximate surface area is 109 Å². The van der Waals surface area contributed by atoms with E-state index in [0.29, 0.717) is 17.0 Å². The zero-order valence-electron chi connectivity index (χ0n) is 11.7. The third-order valence-electron chi connectivity index (χ3n) is 2.85. The summed E-state index contributed by atoms with van der Waals surface area (Å²) in [5, 5.41) is 12.3. The fraction of sp³-hybridized carbons (Fsp3) is 0.533. The van der Waals surface area contributed by atoms with E-state index in [2.05, 4.69) is 33.0 Å². The molecule has 1 atom stereocenters. The van der Waals surface area contributed by atoms with Gasteiger partial charge in [0.2, 0.25) is 0 Å². The van der Waals surface area contributed by atoms with Gasteiger partial charge < -0.3 is 10.4 Å². The lowest BCUT2D eigenvalue weighted by atomic mass is 9.89. The second-order valence-electron chi connectivity index (χ2n) is 6.03. The van der Waals surface area contributed by atoms with Gasteiger partial charge in [0, 0.05) is 11.7 Å². The van der Waals surface area contributed by atoms with Gasteiger partial charge in [-0.2, -0.15) is 0 Å². The minimum atomic E-state index is -0.888. The second kappa shape index (κ2) is 5.89. The molecule has 1 aromatic rings. The van der Waals surface area contributed by atoms with E-state index < -0.39 is 5.97 Å². The van der Waals surface area contributed by atoms with Crippen LogP contribution >= 0.6 is 0 Å². The molecule has 0 amide bonds. The number of rotatable bonds is 5. The number of hydrogen-bond donors (Lipinski definition) is 2. The first-order valence-electron chi connectivity index (χ1n) is 6.38. The molecule has 0 aromatic heterocycles. The molecule has 0 bridgehead atoms. The minimum Gasteiger partial charge on any atom is -0.478 e. The van der Waals surface area contributed by atoms with Crippen LogP contribution in [0.5, 0.6) is 0 Å². The molecule has 0 saturated heterocycles. The Morgan fingerprint density at radius 3 is 2.61 bits per heavy atom. The van der Waals surface area contributed by atoms with Gasteiger partial charge in [-0.25, -0.2) is 4.79 Å². The smallest absolute Gasteiger partial charge is 0.335 e. The van der Waals surface area contributed by atoms with Gasteiger partial charge in [0.05, 0.1) is 5.56 Å². The highest BCUT2D eigenvalue weighted by Gasteiger charge is 2.12. The summed E-state index contributed by atoms with van der Waals surface area (Å²) >= 11 is 0. The van der Waals surface area contributed by atoms with Crippen LogP contribution in [-0.4, -0.2) is 17.1 Å². The lowest BCUT2D eigenvalue weighted by molar-refractivity contribution is 0.0697. The van der Waals surface area contributed by atoms with Crippen LogP contribution in [0.15, 0.2) is 24.3 Å². The number of carboxylic acids is 1. The SMILES string of the molecule is CC(CCC(C)(C)C)Nc1cccc(C(=O)O)c1. The van der Waals surface area contributed by atoms with Gasteiger partial charge in [-0.3, -0.25) is 0 Å². The number of carboxylic acid groups (broad SMARTS) is 1. The summed E-state index contributed by atoms with van der Waals surface area (Å²) in [6.07, 6.45) is 2.21. The number of carbonyl (C=O) groups is 1. The van der Waals surface area contributed by atoms with Crippen molar-refractivity contribution in [3.63, 3.8) is 0 Å². The number of benzene rings is 1. The lowest BCUT2D eigenvalue weighted by Crippen LogP contribution is -2.18. The molecule has 18 heavy (non-hydrogen) atoms. The first kappa shape index (κ1) is 14.6. The average Bonchev–Trinajstić information content (AvgIpc) is 2.26. The highest BCUT2D eigenvalue weighted by molar-refractivity contribution is 5.88.